The predicted octanol–water partition coefficient (Wildman–Crippen LogP) is 1.53. The quantitative estimate of drug-likeness (QED) is 0.642. The lowest BCUT2D eigenvalue weighted by atomic mass is 10.5. The fraction of sp³-hybridized carbons (Fsp3) is 0.400. The van der Waals surface area contributed by atoms with Crippen molar-refractivity contribution < 1.29 is 8.78 Å². The molecule has 0 aliphatic heterocycles. The van der Waals surface area contributed by atoms with Crippen LogP contribution < -0.4 is 0 Å². The summed E-state index contributed by atoms with van der Waals surface area (Å²) in [7, 11) is 0. The molecule has 3 nitrogen and oxygen atoms in total. The van der Waals surface area contributed by atoms with E-state index in [1.54, 1.807) is 6.26 Å². The maximum absolute atomic E-state index is 11.9. The average Bonchev–Trinajstić information content (AvgIpc) is 2.05. The van der Waals surface area contributed by atoms with Gasteiger partial charge in [0.2, 0.25) is 5.16 Å². The molecule has 1 rings (SSSR count). The Labute approximate surface area is 66.2 Å². The van der Waals surface area contributed by atoms with E-state index in [4.69, 9.17) is 0 Å². The van der Waals surface area contributed by atoms with Crippen LogP contribution in [0.3, 0.4) is 0 Å². The number of thioether (sulfide) groups is 1. The second-order valence-corrected chi connectivity index (χ2v) is 2.44. The average molecular weight is 177 g/mol. The van der Waals surface area contributed by atoms with Crippen molar-refractivity contribution in [3.05, 3.63) is 11.9 Å². The van der Waals surface area contributed by atoms with Gasteiger partial charge in [0.1, 0.15) is 5.69 Å². The van der Waals surface area contributed by atoms with Gasteiger partial charge in [-0.3, -0.25) is 0 Å². The lowest BCUT2D eigenvalue weighted by Gasteiger charge is -1.97. The summed E-state index contributed by atoms with van der Waals surface area (Å²) in [4.78, 5) is 3.53. The van der Waals surface area contributed by atoms with Crippen LogP contribution in [0.4, 0.5) is 8.78 Å². The van der Waals surface area contributed by atoms with E-state index in [0.29, 0.717) is 0 Å². The fourth-order valence-corrected chi connectivity index (χ4v) is 0.816. The number of hydrogen-bond acceptors (Lipinski definition) is 4. The van der Waals surface area contributed by atoms with Crippen molar-refractivity contribution in [2.24, 2.45) is 0 Å². The first-order valence-corrected chi connectivity index (χ1v) is 3.98. The molecule has 1 aromatic heterocycles. The third kappa shape index (κ3) is 2.07. The van der Waals surface area contributed by atoms with Crippen LogP contribution in [0, 0.1) is 0 Å². The minimum absolute atomic E-state index is 0.266. The van der Waals surface area contributed by atoms with Crippen molar-refractivity contribution >= 4 is 11.8 Å². The SMILES string of the molecule is CSc1nncc(C(F)F)n1. The van der Waals surface area contributed by atoms with Gasteiger partial charge in [-0.1, -0.05) is 11.8 Å². The molecule has 0 unspecified atom stereocenters. The Bertz CT molecular complexity index is 243. The Hall–Kier alpha value is -0.780. The number of alkyl halides is 2. The topological polar surface area (TPSA) is 38.7 Å². The molecular formula is C5H5F2N3S. The molecule has 0 aliphatic rings. The number of aromatic nitrogens is 3. The summed E-state index contributed by atoms with van der Waals surface area (Å²) in [5.74, 6) is 0. The normalized spacial score (nSPS) is 10.5. The van der Waals surface area contributed by atoms with Crippen LogP contribution in [0.2, 0.25) is 0 Å². The minimum atomic E-state index is -2.57. The van der Waals surface area contributed by atoms with Crippen LogP contribution in [0.1, 0.15) is 12.1 Å². The molecule has 0 aliphatic carbocycles. The number of rotatable bonds is 2. The van der Waals surface area contributed by atoms with E-state index in [0.717, 1.165) is 6.20 Å². The number of halogens is 2. The van der Waals surface area contributed by atoms with Crippen LogP contribution in [0.5, 0.6) is 0 Å². The molecule has 6 heteroatoms. The summed E-state index contributed by atoms with van der Waals surface area (Å²) >= 11 is 1.18. The summed E-state index contributed by atoms with van der Waals surface area (Å²) in [6, 6.07) is 0. The summed E-state index contributed by atoms with van der Waals surface area (Å²) in [6.07, 6.45) is 0.0906. The minimum Gasteiger partial charge on any atom is -0.218 e. The van der Waals surface area contributed by atoms with Gasteiger partial charge in [-0.25, -0.2) is 13.8 Å². The zero-order chi connectivity index (χ0) is 8.27. The van der Waals surface area contributed by atoms with Gasteiger partial charge in [0.05, 0.1) is 6.20 Å². The first-order chi connectivity index (χ1) is 5.24. The molecule has 0 bridgehead atoms. The van der Waals surface area contributed by atoms with E-state index in [-0.39, 0.29) is 10.9 Å². The van der Waals surface area contributed by atoms with Crippen LogP contribution in [0.25, 0.3) is 0 Å². The Balaban J connectivity index is 2.91. The lowest BCUT2D eigenvalue weighted by molar-refractivity contribution is 0.144. The Morgan fingerprint density at radius 3 is 2.82 bits per heavy atom. The van der Waals surface area contributed by atoms with Crippen molar-refractivity contribution in [2.45, 2.75) is 11.6 Å². The number of hydrogen-bond donors (Lipinski definition) is 0. The molecule has 0 saturated carbocycles. The standard InChI is InChI=1S/C5H5F2N3S/c1-11-5-9-3(4(6)7)2-8-10-5/h2,4H,1H3. The first-order valence-electron chi connectivity index (χ1n) is 2.76. The zero-order valence-corrected chi connectivity index (χ0v) is 6.48. The molecule has 0 spiro atoms. The van der Waals surface area contributed by atoms with Crippen molar-refractivity contribution in [1.82, 2.24) is 15.2 Å². The maximum Gasteiger partial charge on any atom is 0.282 e. The second kappa shape index (κ2) is 3.56. The molecule has 0 N–H and O–H groups in total. The predicted molar refractivity (Wildman–Crippen MR) is 36.6 cm³/mol. The highest BCUT2D eigenvalue weighted by Gasteiger charge is 2.09. The highest BCUT2D eigenvalue weighted by Crippen LogP contribution is 2.16. The molecule has 0 fully saturated rings. The second-order valence-electron chi connectivity index (χ2n) is 1.67. The monoisotopic (exact) mass is 177 g/mol. The Kier molecular flexibility index (Phi) is 2.70. The Morgan fingerprint density at radius 2 is 2.27 bits per heavy atom. The third-order valence-electron chi connectivity index (χ3n) is 0.964. The lowest BCUT2D eigenvalue weighted by Crippen LogP contribution is -1.96. The summed E-state index contributed by atoms with van der Waals surface area (Å²) in [6.45, 7) is 0. The van der Waals surface area contributed by atoms with E-state index in [2.05, 4.69) is 15.2 Å². The molecule has 0 saturated heterocycles. The van der Waals surface area contributed by atoms with Crippen molar-refractivity contribution in [1.29, 1.82) is 0 Å². The molecule has 0 radical (unpaired) electrons. The molecule has 0 aromatic carbocycles. The van der Waals surface area contributed by atoms with Crippen LogP contribution in [-0.4, -0.2) is 21.4 Å². The smallest absolute Gasteiger partial charge is 0.218 e. The third-order valence-corrected chi connectivity index (χ3v) is 1.50. The summed E-state index contributed by atoms with van der Waals surface area (Å²) < 4.78 is 23.9. The van der Waals surface area contributed by atoms with Crippen LogP contribution in [0.15, 0.2) is 11.4 Å². The molecule has 0 atom stereocenters. The van der Waals surface area contributed by atoms with E-state index in [1.165, 1.54) is 11.8 Å². The van der Waals surface area contributed by atoms with Gasteiger partial charge >= 0.3 is 0 Å². The van der Waals surface area contributed by atoms with E-state index in [9.17, 15) is 8.78 Å². The van der Waals surface area contributed by atoms with E-state index >= 15 is 0 Å². The molecule has 0 amide bonds. The van der Waals surface area contributed by atoms with Gasteiger partial charge < -0.3 is 0 Å². The van der Waals surface area contributed by atoms with Gasteiger partial charge in [0, 0.05) is 0 Å². The molecular weight excluding hydrogens is 172 g/mol. The van der Waals surface area contributed by atoms with E-state index < -0.39 is 6.43 Å². The first kappa shape index (κ1) is 8.32. The molecule has 1 aromatic rings. The van der Waals surface area contributed by atoms with Gasteiger partial charge in [-0.2, -0.15) is 5.10 Å². The largest absolute Gasteiger partial charge is 0.282 e. The summed E-state index contributed by atoms with van der Waals surface area (Å²) in [5.41, 5.74) is -0.329. The van der Waals surface area contributed by atoms with Crippen LogP contribution >= 0.6 is 11.8 Å². The molecule has 11 heavy (non-hydrogen) atoms. The molecule has 60 valence electrons. The van der Waals surface area contributed by atoms with Gasteiger partial charge in [0.25, 0.3) is 6.43 Å². The zero-order valence-electron chi connectivity index (χ0n) is 5.66. The van der Waals surface area contributed by atoms with Gasteiger partial charge in [0.15, 0.2) is 0 Å². The van der Waals surface area contributed by atoms with Gasteiger partial charge in [-0.15, -0.1) is 5.10 Å². The summed E-state index contributed by atoms with van der Waals surface area (Å²) in [5, 5.41) is 7.14. The molecule has 1 heterocycles. The van der Waals surface area contributed by atoms with Gasteiger partial charge in [-0.05, 0) is 6.26 Å². The van der Waals surface area contributed by atoms with Crippen molar-refractivity contribution in [3.63, 3.8) is 0 Å². The number of nitrogens with zero attached hydrogens (tertiary/aromatic N) is 3. The Morgan fingerprint density at radius 1 is 1.55 bits per heavy atom. The maximum atomic E-state index is 11.9. The van der Waals surface area contributed by atoms with Crippen molar-refractivity contribution in [3.8, 4) is 0 Å². The van der Waals surface area contributed by atoms with Crippen LogP contribution in [-0.2, 0) is 0 Å². The highest BCUT2D eigenvalue weighted by molar-refractivity contribution is 7.98. The fourth-order valence-electron chi connectivity index (χ4n) is 0.491. The highest BCUT2D eigenvalue weighted by atomic mass is 32.2. The van der Waals surface area contributed by atoms with Crippen molar-refractivity contribution in [2.75, 3.05) is 6.26 Å². The van der Waals surface area contributed by atoms with E-state index in [1.807, 2.05) is 0 Å².